The molecule has 0 spiro atoms. The van der Waals surface area contributed by atoms with Gasteiger partial charge in [0.05, 0.1) is 0 Å². The Bertz CT molecular complexity index is 731. The number of unbranched alkanes of at least 4 members (excludes halogenated alkanes) is 6. The van der Waals surface area contributed by atoms with E-state index in [0.29, 0.717) is 24.6 Å². The zero-order valence-electron chi connectivity index (χ0n) is 20.6. The third kappa shape index (κ3) is 7.37. The molecule has 1 aromatic rings. The summed E-state index contributed by atoms with van der Waals surface area (Å²) in [5, 5.41) is 0. The first kappa shape index (κ1) is 29.8. The van der Waals surface area contributed by atoms with Crippen molar-refractivity contribution in [3.8, 4) is 0 Å². The van der Waals surface area contributed by atoms with E-state index in [4.69, 9.17) is 4.52 Å². The third-order valence-corrected chi connectivity index (χ3v) is 13.0. The van der Waals surface area contributed by atoms with Crippen LogP contribution in [0.3, 0.4) is 0 Å². The molecule has 0 bridgehead atoms. The van der Waals surface area contributed by atoms with Gasteiger partial charge in [0.2, 0.25) is 0 Å². The quantitative estimate of drug-likeness (QED) is 0.0747. The minimum absolute atomic E-state index is 0.620. The molecule has 0 saturated heterocycles. The van der Waals surface area contributed by atoms with Crippen LogP contribution in [0.2, 0.25) is 0 Å². The van der Waals surface area contributed by atoms with Gasteiger partial charge in [-0.25, -0.2) is 0 Å². The second-order valence-corrected chi connectivity index (χ2v) is 14.9. The van der Waals surface area contributed by atoms with E-state index in [1.807, 2.05) is 20.8 Å². The van der Waals surface area contributed by atoms with Crippen molar-refractivity contribution >= 4 is 12.8 Å². The second-order valence-electron chi connectivity index (χ2n) is 9.20. The van der Waals surface area contributed by atoms with Gasteiger partial charge in [-0.2, -0.15) is 0 Å². The molecule has 8 heteroatoms. The molecule has 0 aliphatic heterocycles. The van der Waals surface area contributed by atoms with E-state index in [1.54, 1.807) is 0 Å². The average Bonchev–Trinajstić information content (AvgIpc) is 2.81. The SMILES string of the molecule is CCCCCCP(CCCC)(CCCC)(CCCC)OC(=O)c1c(F)c(F)c(F)c(F)c1F. The summed E-state index contributed by atoms with van der Waals surface area (Å²) in [4.78, 5) is 13.2. The van der Waals surface area contributed by atoms with E-state index in [2.05, 4.69) is 6.92 Å². The summed E-state index contributed by atoms with van der Waals surface area (Å²) in [6.07, 6.45) is 11.2. The van der Waals surface area contributed by atoms with E-state index in [-0.39, 0.29) is 0 Å². The fourth-order valence-corrected chi connectivity index (χ4v) is 11.2. The average molecular weight is 499 g/mol. The van der Waals surface area contributed by atoms with Gasteiger partial charge in [0.15, 0.2) is 0 Å². The first-order valence-electron chi connectivity index (χ1n) is 12.4. The molecule has 192 valence electrons. The summed E-state index contributed by atoms with van der Waals surface area (Å²) in [5.41, 5.74) is -1.47. The van der Waals surface area contributed by atoms with Crippen LogP contribution >= 0.6 is 6.83 Å². The molecule has 1 aromatic carbocycles. The van der Waals surface area contributed by atoms with Gasteiger partial charge in [0.1, 0.15) is 0 Å². The summed E-state index contributed by atoms with van der Waals surface area (Å²) < 4.78 is 76.3. The monoisotopic (exact) mass is 498 g/mol. The van der Waals surface area contributed by atoms with Crippen LogP contribution in [0.15, 0.2) is 0 Å². The molecular formula is C25H40F5O2P. The molecule has 2 nitrogen and oxygen atoms in total. The number of carbonyl (C=O) groups is 1. The number of hydrogen-bond donors (Lipinski definition) is 0. The summed E-state index contributed by atoms with van der Waals surface area (Å²) in [6.45, 7) is 4.83. The molecule has 0 amide bonds. The van der Waals surface area contributed by atoms with Crippen LogP contribution in [0.1, 0.15) is 102 Å². The molecule has 0 atom stereocenters. The molecule has 33 heavy (non-hydrogen) atoms. The van der Waals surface area contributed by atoms with Crippen molar-refractivity contribution in [3.63, 3.8) is 0 Å². The summed E-state index contributed by atoms with van der Waals surface area (Å²) in [6, 6.07) is 0. The van der Waals surface area contributed by atoms with Crippen molar-refractivity contribution in [1.82, 2.24) is 0 Å². The van der Waals surface area contributed by atoms with Gasteiger partial charge in [-0.05, 0) is 0 Å². The van der Waals surface area contributed by atoms with Crippen LogP contribution in [0.25, 0.3) is 0 Å². The van der Waals surface area contributed by atoms with Gasteiger partial charge in [0, 0.05) is 0 Å². The van der Waals surface area contributed by atoms with E-state index in [9.17, 15) is 26.7 Å². The molecule has 0 unspecified atom stereocenters. The molecule has 0 N–H and O–H groups in total. The number of benzene rings is 1. The molecule has 0 saturated carbocycles. The van der Waals surface area contributed by atoms with Gasteiger partial charge in [-0.3, -0.25) is 0 Å². The van der Waals surface area contributed by atoms with E-state index < -0.39 is 47.4 Å². The summed E-state index contributed by atoms with van der Waals surface area (Å²) >= 11 is 0. The van der Waals surface area contributed by atoms with Crippen molar-refractivity contribution in [1.29, 1.82) is 0 Å². The molecule has 0 fully saturated rings. The van der Waals surface area contributed by atoms with Gasteiger partial charge < -0.3 is 0 Å². The molecule has 0 radical (unpaired) electrons. The number of hydrogen-bond acceptors (Lipinski definition) is 2. The standard InChI is InChI=1S/C25H40F5O2P/c1-5-9-13-14-18-33(15-10-6-2,16-11-7-3,17-12-8-4)32-25(31)19-20(26)22(28)24(30)23(29)21(19)27/h5-18H2,1-4H3. The van der Waals surface area contributed by atoms with Crippen LogP contribution in [-0.2, 0) is 4.52 Å². The number of halogens is 5. The first-order valence-corrected chi connectivity index (χ1v) is 15.3. The number of carbonyl (C=O) groups excluding carboxylic acids is 1. The Hall–Kier alpha value is -1.23. The van der Waals surface area contributed by atoms with E-state index in [0.717, 1.165) is 64.2 Å². The van der Waals surface area contributed by atoms with Gasteiger partial charge in [-0.1, -0.05) is 0 Å². The van der Waals surface area contributed by atoms with Gasteiger partial charge in [0.25, 0.3) is 0 Å². The summed E-state index contributed by atoms with van der Waals surface area (Å²) in [5.74, 6) is -12.2. The fraction of sp³-hybridized carbons (Fsp3) is 0.720. The van der Waals surface area contributed by atoms with Crippen molar-refractivity contribution in [3.05, 3.63) is 34.6 Å². The van der Waals surface area contributed by atoms with Crippen LogP contribution in [-0.4, -0.2) is 30.6 Å². The van der Waals surface area contributed by atoms with Crippen LogP contribution < -0.4 is 0 Å². The van der Waals surface area contributed by atoms with Crippen LogP contribution in [0.5, 0.6) is 0 Å². The molecule has 1 rings (SSSR count). The van der Waals surface area contributed by atoms with Crippen LogP contribution in [0.4, 0.5) is 22.0 Å². The van der Waals surface area contributed by atoms with Crippen molar-refractivity contribution < 1.29 is 31.3 Å². The predicted octanol–water partition coefficient (Wildman–Crippen LogP) is 8.99. The maximum atomic E-state index is 14.5. The number of rotatable bonds is 16. The zero-order chi connectivity index (χ0) is 25.1. The van der Waals surface area contributed by atoms with E-state index in [1.165, 1.54) is 0 Å². The van der Waals surface area contributed by atoms with Crippen molar-refractivity contribution in [2.75, 3.05) is 24.6 Å². The topological polar surface area (TPSA) is 26.3 Å². The van der Waals surface area contributed by atoms with E-state index >= 15 is 0 Å². The minimum atomic E-state index is -3.33. The molecule has 0 aromatic heterocycles. The second kappa shape index (κ2) is 13.6. The summed E-state index contributed by atoms with van der Waals surface area (Å²) in [7, 11) is 0. The Morgan fingerprint density at radius 1 is 0.576 bits per heavy atom. The Labute approximate surface area is 195 Å². The Morgan fingerprint density at radius 3 is 1.33 bits per heavy atom. The molecule has 0 heterocycles. The Kier molecular flexibility index (Phi) is 12.3. The Balaban J connectivity index is 3.60. The predicted molar refractivity (Wildman–Crippen MR) is 127 cm³/mol. The zero-order valence-corrected chi connectivity index (χ0v) is 21.4. The third-order valence-electron chi connectivity index (χ3n) is 6.56. The van der Waals surface area contributed by atoms with Crippen molar-refractivity contribution in [2.24, 2.45) is 0 Å². The Morgan fingerprint density at radius 2 is 0.939 bits per heavy atom. The van der Waals surface area contributed by atoms with Crippen molar-refractivity contribution in [2.45, 2.75) is 91.9 Å². The van der Waals surface area contributed by atoms with Crippen LogP contribution in [0, 0.1) is 29.1 Å². The van der Waals surface area contributed by atoms with Gasteiger partial charge in [-0.15, -0.1) is 0 Å². The normalized spacial score (nSPS) is 13.1. The van der Waals surface area contributed by atoms with Gasteiger partial charge >= 0.3 is 195 Å². The molecule has 0 aliphatic carbocycles. The molecular weight excluding hydrogens is 458 g/mol. The fourth-order valence-electron chi connectivity index (χ4n) is 4.53. The maximum absolute atomic E-state index is 14.5. The molecule has 0 aliphatic rings. The first-order chi connectivity index (χ1) is 15.6.